The normalized spacial score (nSPS) is 50.4. The standard InChI is InChI=1S/C24H38O5/c1-13(7-10-21(28)29)15-8-9-16-22-17(12-20(27)24(15,16)3)23(2)14(11-18(22)25)5-4-6-19(23)26/h13-18,20,22,25,27H,4-12H2,1-3H3,(H,28,29). The highest BCUT2D eigenvalue weighted by Crippen LogP contribution is 2.67. The molecule has 0 aromatic carbocycles. The van der Waals surface area contributed by atoms with Crippen molar-refractivity contribution in [3.05, 3.63) is 0 Å². The Bertz CT molecular complexity index is 676. The molecule has 4 aliphatic carbocycles. The lowest BCUT2D eigenvalue weighted by Crippen LogP contribution is -2.63. The van der Waals surface area contributed by atoms with Crippen molar-refractivity contribution in [2.24, 2.45) is 46.3 Å². The van der Waals surface area contributed by atoms with E-state index in [0.717, 1.165) is 25.7 Å². The number of hydrogen-bond acceptors (Lipinski definition) is 4. The number of rotatable bonds is 4. The predicted molar refractivity (Wildman–Crippen MR) is 109 cm³/mol. The van der Waals surface area contributed by atoms with Crippen LogP contribution in [0.15, 0.2) is 0 Å². The summed E-state index contributed by atoms with van der Waals surface area (Å²) in [5.74, 6) is 0.650. The van der Waals surface area contributed by atoms with Gasteiger partial charge in [0.25, 0.3) is 0 Å². The Balaban J connectivity index is 1.64. The first-order valence-electron chi connectivity index (χ1n) is 11.7. The van der Waals surface area contributed by atoms with E-state index >= 15 is 0 Å². The monoisotopic (exact) mass is 406 g/mol. The van der Waals surface area contributed by atoms with Crippen LogP contribution in [0.1, 0.15) is 78.6 Å². The second-order valence-corrected chi connectivity index (χ2v) is 11.1. The molecule has 0 aliphatic heterocycles. The van der Waals surface area contributed by atoms with E-state index in [1.165, 1.54) is 0 Å². The number of hydrogen-bond donors (Lipinski definition) is 3. The van der Waals surface area contributed by atoms with E-state index in [1.54, 1.807) is 0 Å². The number of Topliss-reactive ketones (excluding diaryl/α,β-unsaturated/α-hetero) is 1. The first-order chi connectivity index (χ1) is 13.6. The molecule has 10 unspecified atom stereocenters. The van der Waals surface area contributed by atoms with Crippen molar-refractivity contribution < 1.29 is 24.9 Å². The first-order valence-corrected chi connectivity index (χ1v) is 11.7. The minimum absolute atomic E-state index is 0.0604. The number of carbonyl (C=O) groups is 2. The maximum atomic E-state index is 13.1. The summed E-state index contributed by atoms with van der Waals surface area (Å²) in [5, 5.41) is 31.8. The quantitative estimate of drug-likeness (QED) is 0.662. The van der Waals surface area contributed by atoms with Gasteiger partial charge in [-0.05, 0) is 85.9 Å². The molecule has 5 heteroatoms. The van der Waals surface area contributed by atoms with Crippen LogP contribution in [-0.2, 0) is 9.59 Å². The van der Waals surface area contributed by atoms with Gasteiger partial charge in [-0.3, -0.25) is 9.59 Å². The van der Waals surface area contributed by atoms with Crippen LogP contribution in [-0.4, -0.2) is 39.3 Å². The van der Waals surface area contributed by atoms with Gasteiger partial charge in [-0.2, -0.15) is 0 Å². The van der Waals surface area contributed by atoms with Crippen molar-refractivity contribution in [2.45, 2.75) is 90.8 Å². The second-order valence-electron chi connectivity index (χ2n) is 11.1. The molecule has 4 aliphatic rings. The van der Waals surface area contributed by atoms with Gasteiger partial charge in [0.15, 0.2) is 0 Å². The Hall–Kier alpha value is -0.940. The molecular formula is C24H38O5. The van der Waals surface area contributed by atoms with E-state index in [-0.39, 0.29) is 47.3 Å². The van der Waals surface area contributed by atoms with Gasteiger partial charge in [-0.25, -0.2) is 0 Å². The van der Waals surface area contributed by atoms with Gasteiger partial charge in [0, 0.05) is 18.3 Å². The predicted octanol–water partition coefficient (Wildman–Crippen LogP) is 3.66. The van der Waals surface area contributed by atoms with Gasteiger partial charge >= 0.3 is 5.97 Å². The Labute approximate surface area is 174 Å². The average Bonchev–Trinajstić information content (AvgIpc) is 3.01. The van der Waals surface area contributed by atoms with E-state index < -0.39 is 23.6 Å². The summed E-state index contributed by atoms with van der Waals surface area (Å²) in [7, 11) is 0. The summed E-state index contributed by atoms with van der Waals surface area (Å²) in [6, 6.07) is 0. The van der Waals surface area contributed by atoms with Crippen LogP contribution in [0.4, 0.5) is 0 Å². The van der Waals surface area contributed by atoms with Crippen LogP contribution in [0, 0.1) is 46.3 Å². The molecule has 0 aromatic heterocycles. The highest BCUT2D eigenvalue weighted by molar-refractivity contribution is 5.86. The lowest BCUT2D eigenvalue weighted by atomic mass is 9.43. The van der Waals surface area contributed by atoms with E-state index in [2.05, 4.69) is 20.8 Å². The molecule has 164 valence electrons. The highest BCUT2D eigenvalue weighted by Gasteiger charge is 2.66. The molecule has 10 atom stereocenters. The van der Waals surface area contributed by atoms with Crippen LogP contribution in [0.3, 0.4) is 0 Å². The number of carbonyl (C=O) groups excluding carboxylic acids is 1. The number of aliphatic hydroxyl groups is 2. The molecule has 0 heterocycles. The maximum Gasteiger partial charge on any atom is 0.303 e. The molecule has 0 saturated heterocycles. The van der Waals surface area contributed by atoms with Crippen molar-refractivity contribution in [2.75, 3.05) is 0 Å². The van der Waals surface area contributed by atoms with E-state index in [9.17, 15) is 19.8 Å². The molecule has 0 amide bonds. The average molecular weight is 407 g/mol. The Morgan fingerprint density at radius 1 is 1.14 bits per heavy atom. The fraction of sp³-hybridized carbons (Fsp3) is 0.917. The molecular weight excluding hydrogens is 368 g/mol. The molecule has 4 fully saturated rings. The van der Waals surface area contributed by atoms with Crippen LogP contribution in [0.25, 0.3) is 0 Å². The van der Waals surface area contributed by atoms with E-state index in [4.69, 9.17) is 5.11 Å². The number of aliphatic hydroxyl groups excluding tert-OH is 2. The zero-order valence-corrected chi connectivity index (χ0v) is 18.1. The van der Waals surface area contributed by atoms with E-state index in [1.807, 2.05) is 0 Å². The van der Waals surface area contributed by atoms with Crippen molar-refractivity contribution in [1.29, 1.82) is 0 Å². The van der Waals surface area contributed by atoms with Gasteiger partial charge < -0.3 is 15.3 Å². The summed E-state index contributed by atoms with van der Waals surface area (Å²) in [5.41, 5.74) is -0.710. The Morgan fingerprint density at radius 3 is 2.55 bits per heavy atom. The van der Waals surface area contributed by atoms with Gasteiger partial charge in [-0.15, -0.1) is 0 Å². The van der Waals surface area contributed by atoms with Crippen molar-refractivity contribution in [3.8, 4) is 0 Å². The highest BCUT2D eigenvalue weighted by atomic mass is 16.4. The van der Waals surface area contributed by atoms with Crippen molar-refractivity contribution in [1.82, 2.24) is 0 Å². The van der Waals surface area contributed by atoms with Crippen LogP contribution in [0.5, 0.6) is 0 Å². The molecule has 0 bridgehead atoms. The summed E-state index contributed by atoms with van der Waals surface area (Å²) in [4.78, 5) is 24.2. The summed E-state index contributed by atoms with van der Waals surface area (Å²) >= 11 is 0. The fourth-order valence-corrected chi connectivity index (χ4v) is 8.55. The van der Waals surface area contributed by atoms with Crippen LogP contribution >= 0.6 is 0 Å². The third kappa shape index (κ3) is 3.02. The summed E-state index contributed by atoms with van der Waals surface area (Å²) in [6.07, 6.45) is 5.72. The Morgan fingerprint density at radius 2 is 1.86 bits per heavy atom. The SMILES string of the molecule is CC(CCC(=O)O)C1CCC2C3C(O)CC4CCCC(=O)C4(C)C3CC(O)C12C. The van der Waals surface area contributed by atoms with Gasteiger partial charge in [-0.1, -0.05) is 20.8 Å². The number of aliphatic carboxylic acids is 1. The topological polar surface area (TPSA) is 94.8 Å². The second kappa shape index (κ2) is 7.33. The first kappa shape index (κ1) is 21.3. The summed E-state index contributed by atoms with van der Waals surface area (Å²) in [6.45, 7) is 6.43. The smallest absolute Gasteiger partial charge is 0.303 e. The van der Waals surface area contributed by atoms with Crippen LogP contribution < -0.4 is 0 Å². The lowest BCUT2D eigenvalue weighted by molar-refractivity contribution is -0.200. The zero-order chi connectivity index (χ0) is 21.1. The number of fused-ring (bicyclic) bond motifs is 5. The third-order valence-corrected chi connectivity index (χ3v) is 10.2. The number of ketones is 1. The maximum absolute atomic E-state index is 13.1. The molecule has 0 spiro atoms. The molecule has 0 radical (unpaired) electrons. The number of carboxylic acid groups (broad SMARTS) is 1. The zero-order valence-electron chi connectivity index (χ0n) is 18.1. The van der Waals surface area contributed by atoms with Crippen molar-refractivity contribution >= 4 is 11.8 Å². The van der Waals surface area contributed by atoms with Gasteiger partial charge in [0.1, 0.15) is 5.78 Å². The number of carboxylic acids is 1. The largest absolute Gasteiger partial charge is 0.481 e. The third-order valence-electron chi connectivity index (χ3n) is 10.2. The summed E-state index contributed by atoms with van der Waals surface area (Å²) < 4.78 is 0. The molecule has 4 rings (SSSR count). The minimum Gasteiger partial charge on any atom is -0.481 e. The molecule has 4 saturated carbocycles. The Kier molecular flexibility index (Phi) is 5.39. The van der Waals surface area contributed by atoms with Crippen LogP contribution in [0.2, 0.25) is 0 Å². The molecule has 5 nitrogen and oxygen atoms in total. The fourth-order valence-electron chi connectivity index (χ4n) is 8.55. The van der Waals surface area contributed by atoms with Gasteiger partial charge in [0.2, 0.25) is 0 Å². The minimum atomic E-state index is -0.765. The molecule has 29 heavy (non-hydrogen) atoms. The molecule has 0 aromatic rings. The van der Waals surface area contributed by atoms with Crippen molar-refractivity contribution in [3.63, 3.8) is 0 Å². The van der Waals surface area contributed by atoms with Gasteiger partial charge in [0.05, 0.1) is 12.2 Å². The van der Waals surface area contributed by atoms with E-state index in [0.29, 0.717) is 31.5 Å². The molecule has 3 N–H and O–H groups in total. The lowest BCUT2D eigenvalue weighted by Gasteiger charge is -2.62.